The molecule has 5 nitrogen and oxygen atoms in total. The number of hydrogen-bond acceptors (Lipinski definition) is 3. The Balaban J connectivity index is 1.78. The van der Waals surface area contributed by atoms with Gasteiger partial charge in [0.1, 0.15) is 5.82 Å². The number of carbonyl (C=O) groups is 1. The number of benzene rings is 1. The third-order valence-corrected chi connectivity index (χ3v) is 4.61. The van der Waals surface area contributed by atoms with E-state index in [9.17, 15) is 9.18 Å². The SMILES string of the molecule is Cn1cccc1[C@@H]1COCCN1C(=O)c1cc(F)cc2cccnc12. The van der Waals surface area contributed by atoms with Crippen LogP contribution >= 0.6 is 0 Å². The normalized spacial score (nSPS) is 17.8. The Morgan fingerprint density at radius 1 is 1.32 bits per heavy atom. The molecule has 0 saturated carbocycles. The number of amides is 1. The quantitative estimate of drug-likeness (QED) is 0.721. The van der Waals surface area contributed by atoms with Gasteiger partial charge in [0.15, 0.2) is 0 Å². The van der Waals surface area contributed by atoms with Crippen molar-refractivity contribution < 1.29 is 13.9 Å². The minimum atomic E-state index is -0.437. The van der Waals surface area contributed by atoms with Crippen LogP contribution in [0.3, 0.4) is 0 Å². The Morgan fingerprint density at radius 3 is 3.00 bits per heavy atom. The molecule has 1 aliphatic heterocycles. The first-order chi connectivity index (χ1) is 12.1. The van der Waals surface area contributed by atoms with Gasteiger partial charge in [-0.3, -0.25) is 9.78 Å². The Morgan fingerprint density at radius 2 is 2.20 bits per heavy atom. The fourth-order valence-corrected chi connectivity index (χ4v) is 3.39. The molecule has 0 N–H and O–H groups in total. The summed E-state index contributed by atoms with van der Waals surface area (Å²) in [5, 5.41) is 0.620. The summed E-state index contributed by atoms with van der Waals surface area (Å²) in [6.07, 6.45) is 3.55. The van der Waals surface area contributed by atoms with Crippen molar-refractivity contribution >= 4 is 16.8 Å². The summed E-state index contributed by atoms with van der Waals surface area (Å²) in [6.45, 7) is 1.34. The standard InChI is InChI=1S/C19H18FN3O2/c1-22-7-3-5-16(22)17-12-25-9-8-23(17)19(24)15-11-14(20)10-13-4-2-6-21-18(13)15/h2-7,10-11,17H,8-9,12H2,1H3/t17-/m0/s1. The van der Waals surface area contributed by atoms with Gasteiger partial charge >= 0.3 is 0 Å². The number of pyridine rings is 1. The molecule has 0 bridgehead atoms. The fourth-order valence-electron chi connectivity index (χ4n) is 3.39. The summed E-state index contributed by atoms with van der Waals surface area (Å²) in [6, 6.07) is 9.87. The van der Waals surface area contributed by atoms with Gasteiger partial charge in [0.05, 0.1) is 30.3 Å². The van der Waals surface area contributed by atoms with Crippen LogP contribution in [0.4, 0.5) is 4.39 Å². The van der Waals surface area contributed by atoms with Crippen LogP contribution in [0.15, 0.2) is 48.8 Å². The number of morpholine rings is 1. The molecule has 0 aliphatic carbocycles. The second-order valence-corrected chi connectivity index (χ2v) is 6.16. The smallest absolute Gasteiger partial charge is 0.256 e. The van der Waals surface area contributed by atoms with Gasteiger partial charge in [0, 0.05) is 37.1 Å². The zero-order chi connectivity index (χ0) is 17.4. The molecule has 1 aliphatic rings. The van der Waals surface area contributed by atoms with E-state index < -0.39 is 5.82 Å². The van der Waals surface area contributed by atoms with Gasteiger partial charge in [-0.25, -0.2) is 4.39 Å². The van der Waals surface area contributed by atoms with E-state index >= 15 is 0 Å². The Kier molecular flexibility index (Phi) is 3.97. The number of hydrogen-bond donors (Lipinski definition) is 0. The Labute approximate surface area is 144 Å². The number of aromatic nitrogens is 2. The highest BCUT2D eigenvalue weighted by atomic mass is 19.1. The molecule has 0 unspecified atom stereocenters. The average molecular weight is 339 g/mol. The Hall–Kier alpha value is -2.73. The van der Waals surface area contributed by atoms with Crippen LogP contribution in [-0.2, 0) is 11.8 Å². The largest absolute Gasteiger partial charge is 0.377 e. The first-order valence-electron chi connectivity index (χ1n) is 8.19. The highest BCUT2D eigenvalue weighted by molar-refractivity contribution is 6.05. The lowest BCUT2D eigenvalue weighted by atomic mass is 10.1. The maximum Gasteiger partial charge on any atom is 0.256 e. The van der Waals surface area contributed by atoms with Gasteiger partial charge in [-0.2, -0.15) is 0 Å². The highest BCUT2D eigenvalue weighted by Crippen LogP contribution is 2.28. The van der Waals surface area contributed by atoms with Gasteiger partial charge < -0.3 is 14.2 Å². The molecule has 25 heavy (non-hydrogen) atoms. The van der Waals surface area contributed by atoms with E-state index in [2.05, 4.69) is 4.98 Å². The van der Waals surface area contributed by atoms with Gasteiger partial charge in [-0.15, -0.1) is 0 Å². The van der Waals surface area contributed by atoms with E-state index in [4.69, 9.17) is 4.74 Å². The van der Waals surface area contributed by atoms with Crippen LogP contribution in [0.5, 0.6) is 0 Å². The van der Waals surface area contributed by atoms with Crippen LogP contribution in [0, 0.1) is 5.82 Å². The third-order valence-electron chi connectivity index (χ3n) is 4.61. The molecule has 6 heteroatoms. The van der Waals surface area contributed by atoms with Gasteiger partial charge in [0.25, 0.3) is 5.91 Å². The number of carbonyl (C=O) groups excluding carboxylic acids is 1. The average Bonchev–Trinajstić information content (AvgIpc) is 3.06. The number of fused-ring (bicyclic) bond motifs is 1. The molecule has 0 radical (unpaired) electrons. The van der Waals surface area contributed by atoms with E-state index in [1.807, 2.05) is 29.9 Å². The first kappa shape index (κ1) is 15.8. The molecule has 1 aromatic carbocycles. The number of aryl methyl sites for hydroxylation is 1. The predicted molar refractivity (Wildman–Crippen MR) is 91.7 cm³/mol. The molecule has 0 spiro atoms. The summed E-state index contributed by atoms with van der Waals surface area (Å²) < 4.78 is 21.6. The lowest BCUT2D eigenvalue weighted by molar-refractivity contribution is -0.00455. The molecule has 1 atom stereocenters. The van der Waals surface area contributed by atoms with Gasteiger partial charge in [-0.1, -0.05) is 6.07 Å². The Bertz CT molecular complexity index is 937. The van der Waals surface area contributed by atoms with Crippen molar-refractivity contribution in [3.63, 3.8) is 0 Å². The van der Waals surface area contributed by atoms with Crippen LogP contribution in [0.25, 0.3) is 10.9 Å². The molecule has 2 aromatic heterocycles. The minimum absolute atomic E-state index is 0.205. The fraction of sp³-hybridized carbons (Fsp3) is 0.263. The molecular formula is C19H18FN3O2. The maximum absolute atomic E-state index is 14.0. The lowest BCUT2D eigenvalue weighted by Gasteiger charge is -2.36. The molecule has 1 saturated heterocycles. The van der Waals surface area contributed by atoms with Gasteiger partial charge in [0.2, 0.25) is 0 Å². The highest BCUT2D eigenvalue weighted by Gasteiger charge is 2.31. The van der Waals surface area contributed by atoms with Crippen molar-refractivity contribution in [2.24, 2.45) is 7.05 Å². The molecule has 1 amide bonds. The van der Waals surface area contributed by atoms with Crippen molar-refractivity contribution in [1.82, 2.24) is 14.5 Å². The molecule has 4 rings (SSSR count). The summed E-state index contributed by atoms with van der Waals surface area (Å²) in [7, 11) is 1.94. The van der Waals surface area contributed by atoms with Crippen molar-refractivity contribution in [2.75, 3.05) is 19.8 Å². The number of nitrogens with zero attached hydrogens (tertiary/aromatic N) is 3. The topological polar surface area (TPSA) is 47.4 Å². The second-order valence-electron chi connectivity index (χ2n) is 6.16. The van der Waals surface area contributed by atoms with Crippen LogP contribution in [-0.4, -0.2) is 40.1 Å². The molecule has 3 aromatic rings. The summed E-state index contributed by atoms with van der Waals surface area (Å²) >= 11 is 0. The summed E-state index contributed by atoms with van der Waals surface area (Å²) in [4.78, 5) is 19.3. The molecule has 128 valence electrons. The van der Waals surface area contributed by atoms with Crippen molar-refractivity contribution in [1.29, 1.82) is 0 Å². The molecular weight excluding hydrogens is 321 g/mol. The monoisotopic (exact) mass is 339 g/mol. The van der Waals surface area contributed by atoms with E-state index in [0.29, 0.717) is 30.7 Å². The zero-order valence-corrected chi connectivity index (χ0v) is 13.9. The molecule has 3 heterocycles. The van der Waals surface area contributed by atoms with E-state index in [-0.39, 0.29) is 17.5 Å². The molecule has 1 fully saturated rings. The zero-order valence-electron chi connectivity index (χ0n) is 13.9. The summed E-state index contributed by atoms with van der Waals surface area (Å²) in [5.41, 5.74) is 1.80. The van der Waals surface area contributed by atoms with Crippen LogP contribution in [0.2, 0.25) is 0 Å². The maximum atomic E-state index is 14.0. The first-order valence-corrected chi connectivity index (χ1v) is 8.19. The van der Waals surface area contributed by atoms with Gasteiger partial charge in [-0.05, 0) is 30.3 Å². The number of rotatable bonds is 2. The van der Waals surface area contributed by atoms with Crippen molar-refractivity contribution in [2.45, 2.75) is 6.04 Å². The van der Waals surface area contributed by atoms with Crippen molar-refractivity contribution in [3.8, 4) is 0 Å². The van der Waals surface area contributed by atoms with E-state index in [1.165, 1.54) is 12.1 Å². The van der Waals surface area contributed by atoms with Crippen LogP contribution in [0.1, 0.15) is 22.1 Å². The third kappa shape index (κ3) is 2.78. The predicted octanol–water partition coefficient (Wildman–Crippen LogP) is 2.93. The number of halogens is 1. The van der Waals surface area contributed by atoms with Crippen LogP contribution < -0.4 is 0 Å². The van der Waals surface area contributed by atoms with E-state index in [1.54, 1.807) is 23.2 Å². The minimum Gasteiger partial charge on any atom is -0.377 e. The van der Waals surface area contributed by atoms with Crippen molar-refractivity contribution in [3.05, 3.63) is 65.9 Å². The van der Waals surface area contributed by atoms with E-state index in [0.717, 1.165) is 5.69 Å². The lowest BCUT2D eigenvalue weighted by Crippen LogP contribution is -2.44. The summed E-state index contributed by atoms with van der Waals surface area (Å²) in [5.74, 6) is -0.662. The second kappa shape index (κ2) is 6.29. The number of ether oxygens (including phenoxy) is 1.